The SMILES string of the molecule is CC(C)C1C(=O)NC(=O)CC1c1cc(F)cc(F)c1. The number of amides is 2. The highest BCUT2D eigenvalue weighted by Crippen LogP contribution is 2.36. The summed E-state index contributed by atoms with van der Waals surface area (Å²) in [5.74, 6) is -3.14. The Morgan fingerprint density at radius 3 is 2.26 bits per heavy atom. The van der Waals surface area contributed by atoms with E-state index in [0.717, 1.165) is 6.07 Å². The second kappa shape index (κ2) is 5.07. The number of carbonyl (C=O) groups is 2. The second-order valence-electron chi connectivity index (χ2n) is 5.20. The third kappa shape index (κ3) is 2.80. The number of rotatable bonds is 2. The molecule has 1 aromatic carbocycles. The number of carbonyl (C=O) groups excluding carboxylic acids is 2. The largest absolute Gasteiger partial charge is 0.296 e. The molecule has 102 valence electrons. The number of hydrogen-bond donors (Lipinski definition) is 1. The highest BCUT2D eigenvalue weighted by Gasteiger charge is 2.38. The zero-order valence-corrected chi connectivity index (χ0v) is 10.7. The fourth-order valence-electron chi connectivity index (χ4n) is 2.66. The van der Waals surface area contributed by atoms with Gasteiger partial charge >= 0.3 is 0 Å². The molecule has 2 rings (SSSR count). The van der Waals surface area contributed by atoms with Gasteiger partial charge < -0.3 is 0 Å². The minimum Gasteiger partial charge on any atom is -0.296 e. The van der Waals surface area contributed by atoms with Crippen molar-refractivity contribution < 1.29 is 18.4 Å². The van der Waals surface area contributed by atoms with Crippen molar-refractivity contribution >= 4 is 11.8 Å². The fraction of sp³-hybridized carbons (Fsp3) is 0.429. The topological polar surface area (TPSA) is 46.2 Å². The summed E-state index contributed by atoms with van der Waals surface area (Å²) in [6.07, 6.45) is 0.0669. The van der Waals surface area contributed by atoms with Gasteiger partial charge in [-0.3, -0.25) is 14.9 Å². The molecule has 3 nitrogen and oxygen atoms in total. The van der Waals surface area contributed by atoms with Crippen molar-refractivity contribution in [2.24, 2.45) is 11.8 Å². The Kier molecular flexibility index (Phi) is 3.64. The standard InChI is InChI=1S/C14H15F2NO2/c1-7(2)13-11(6-12(18)17-14(13)19)8-3-9(15)5-10(16)4-8/h3-5,7,11,13H,6H2,1-2H3,(H,17,18,19). The van der Waals surface area contributed by atoms with Gasteiger partial charge in [-0.2, -0.15) is 0 Å². The highest BCUT2D eigenvalue weighted by atomic mass is 19.1. The summed E-state index contributed by atoms with van der Waals surface area (Å²) in [6.45, 7) is 3.70. The van der Waals surface area contributed by atoms with E-state index in [9.17, 15) is 18.4 Å². The van der Waals surface area contributed by atoms with Crippen molar-refractivity contribution in [1.29, 1.82) is 0 Å². The molecule has 5 heteroatoms. The van der Waals surface area contributed by atoms with E-state index in [0.29, 0.717) is 5.56 Å². The van der Waals surface area contributed by atoms with Crippen LogP contribution in [0.2, 0.25) is 0 Å². The zero-order chi connectivity index (χ0) is 14.2. The molecule has 1 heterocycles. The minimum atomic E-state index is -0.698. The number of hydrogen-bond acceptors (Lipinski definition) is 2. The van der Waals surface area contributed by atoms with Crippen LogP contribution in [0, 0.1) is 23.5 Å². The lowest BCUT2D eigenvalue weighted by molar-refractivity contribution is -0.138. The van der Waals surface area contributed by atoms with E-state index in [4.69, 9.17) is 0 Å². The molecule has 0 radical (unpaired) electrons. The Hall–Kier alpha value is -1.78. The number of halogens is 2. The van der Waals surface area contributed by atoms with Gasteiger partial charge in [0.25, 0.3) is 0 Å². The molecule has 0 spiro atoms. The van der Waals surface area contributed by atoms with Crippen molar-refractivity contribution in [3.8, 4) is 0 Å². The predicted molar refractivity (Wildman–Crippen MR) is 65.2 cm³/mol. The maximum absolute atomic E-state index is 13.3. The van der Waals surface area contributed by atoms with E-state index in [2.05, 4.69) is 5.32 Å². The first-order valence-electron chi connectivity index (χ1n) is 6.18. The normalized spacial score (nSPS) is 23.6. The lowest BCUT2D eigenvalue weighted by atomic mass is 9.74. The summed E-state index contributed by atoms with van der Waals surface area (Å²) in [7, 11) is 0. The van der Waals surface area contributed by atoms with E-state index >= 15 is 0 Å². The summed E-state index contributed by atoms with van der Waals surface area (Å²) in [5, 5.41) is 2.27. The van der Waals surface area contributed by atoms with Gasteiger partial charge in [-0.25, -0.2) is 8.78 Å². The molecule has 1 aliphatic rings. The Bertz CT molecular complexity index is 508. The van der Waals surface area contributed by atoms with E-state index in [1.165, 1.54) is 12.1 Å². The van der Waals surface area contributed by atoms with Gasteiger partial charge in [0, 0.05) is 24.3 Å². The van der Waals surface area contributed by atoms with Crippen LogP contribution >= 0.6 is 0 Å². The molecule has 1 aromatic rings. The number of nitrogens with one attached hydrogen (secondary N) is 1. The first kappa shape index (κ1) is 13.6. The van der Waals surface area contributed by atoms with Crippen LogP contribution in [0.3, 0.4) is 0 Å². The molecule has 1 fully saturated rings. The van der Waals surface area contributed by atoms with Crippen LogP contribution in [0.1, 0.15) is 31.7 Å². The van der Waals surface area contributed by atoms with E-state index < -0.39 is 29.4 Å². The molecule has 1 saturated heterocycles. The third-order valence-electron chi connectivity index (χ3n) is 3.44. The van der Waals surface area contributed by atoms with Gasteiger partial charge in [-0.1, -0.05) is 13.8 Å². The third-order valence-corrected chi connectivity index (χ3v) is 3.44. The maximum Gasteiger partial charge on any atom is 0.230 e. The van der Waals surface area contributed by atoms with Crippen molar-refractivity contribution in [1.82, 2.24) is 5.32 Å². The van der Waals surface area contributed by atoms with Crippen LogP contribution in [0.4, 0.5) is 8.78 Å². The van der Waals surface area contributed by atoms with Gasteiger partial charge in [0.05, 0.1) is 0 Å². The quantitative estimate of drug-likeness (QED) is 0.836. The molecule has 2 amide bonds. The van der Waals surface area contributed by atoms with Gasteiger partial charge in [-0.15, -0.1) is 0 Å². The van der Waals surface area contributed by atoms with Crippen molar-refractivity contribution in [2.45, 2.75) is 26.2 Å². The Morgan fingerprint density at radius 2 is 1.74 bits per heavy atom. The fourth-order valence-corrected chi connectivity index (χ4v) is 2.66. The number of imide groups is 1. The van der Waals surface area contributed by atoms with Crippen molar-refractivity contribution in [2.75, 3.05) is 0 Å². The van der Waals surface area contributed by atoms with Crippen LogP contribution < -0.4 is 5.32 Å². The van der Waals surface area contributed by atoms with Crippen molar-refractivity contribution in [3.05, 3.63) is 35.4 Å². The smallest absolute Gasteiger partial charge is 0.230 e. The molecule has 0 aromatic heterocycles. The summed E-state index contributed by atoms with van der Waals surface area (Å²) in [4.78, 5) is 23.4. The van der Waals surface area contributed by atoms with Crippen LogP contribution in [0.5, 0.6) is 0 Å². The first-order valence-corrected chi connectivity index (χ1v) is 6.18. The minimum absolute atomic E-state index is 0.0237. The predicted octanol–water partition coefficient (Wildman–Crippen LogP) is 2.37. The zero-order valence-electron chi connectivity index (χ0n) is 10.7. The summed E-state index contributed by atoms with van der Waals surface area (Å²) in [6, 6.07) is 3.16. The molecular weight excluding hydrogens is 252 g/mol. The average Bonchev–Trinajstić information content (AvgIpc) is 2.25. The summed E-state index contributed by atoms with van der Waals surface area (Å²) < 4.78 is 26.6. The van der Waals surface area contributed by atoms with Gasteiger partial charge in [-0.05, 0) is 23.6 Å². The van der Waals surface area contributed by atoms with E-state index in [-0.39, 0.29) is 18.2 Å². The Labute approximate surface area is 110 Å². The lowest BCUT2D eigenvalue weighted by Gasteiger charge is -2.33. The number of piperidine rings is 1. The van der Waals surface area contributed by atoms with E-state index in [1.807, 2.05) is 13.8 Å². The average molecular weight is 267 g/mol. The van der Waals surface area contributed by atoms with Crippen LogP contribution in [0.25, 0.3) is 0 Å². The van der Waals surface area contributed by atoms with Crippen LogP contribution in [-0.4, -0.2) is 11.8 Å². The van der Waals surface area contributed by atoms with E-state index in [1.54, 1.807) is 0 Å². The number of benzene rings is 1. The molecule has 1 N–H and O–H groups in total. The van der Waals surface area contributed by atoms with Gasteiger partial charge in [0.2, 0.25) is 11.8 Å². The molecule has 19 heavy (non-hydrogen) atoms. The Balaban J connectivity index is 2.43. The van der Waals surface area contributed by atoms with Crippen LogP contribution in [-0.2, 0) is 9.59 Å². The Morgan fingerprint density at radius 1 is 1.16 bits per heavy atom. The summed E-state index contributed by atoms with van der Waals surface area (Å²) >= 11 is 0. The molecule has 2 unspecified atom stereocenters. The molecular formula is C14H15F2NO2. The van der Waals surface area contributed by atoms with Crippen molar-refractivity contribution in [3.63, 3.8) is 0 Å². The molecule has 2 atom stereocenters. The lowest BCUT2D eigenvalue weighted by Crippen LogP contribution is -2.46. The van der Waals surface area contributed by atoms with Gasteiger partial charge in [0.15, 0.2) is 0 Å². The summed E-state index contributed by atoms with van der Waals surface area (Å²) in [5.41, 5.74) is 0.361. The van der Waals surface area contributed by atoms with Gasteiger partial charge in [0.1, 0.15) is 11.6 Å². The maximum atomic E-state index is 13.3. The molecule has 0 aliphatic carbocycles. The monoisotopic (exact) mass is 267 g/mol. The molecule has 0 saturated carbocycles. The second-order valence-corrected chi connectivity index (χ2v) is 5.20. The first-order chi connectivity index (χ1) is 8.88. The molecule has 1 aliphatic heterocycles. The van der Waals surface area contributed by atoms with Crippen LogP contribution in [0.15, 0.2) is 18.2 Å². The molecule has 0 bridgehead atoms. The highest BCUT2D eigenvalue weighted by molar-refractivity contribution is 6.00.